The number of carbonyl (C=O) groups excluding carboxylic acids is 1. The standard InChI is InChI=1S/C19H12F3N5O/c20-13-1-3-18(15(21)7-13)27-10-12(9-24-27)19(28)25-14-2-4-17(16(22)8-14)26-6-5-23-11-26/h1-11H,(H,25,28). The first-order chi connectivity index (χ1) is 13.5. The van der Waals surface area contributed by atoms with Crippen LogP contribution in [0.1, 0.15) is 10.4 Å². The second-order valence-electron chi connectivity index (χ2n) is 5.86. The Morgan fingerprint density at radius 1 is 1.00 bits per heavy atom. The van der Waals surface area contributed by atoms with Gasteiger partial charge in [0.25, 0.3) is 5.91 Å². The highest BCUT2D eigenvalue weighted by Gasteiger charge is 2.14. The van der Waals surface area contributed by atoms with E-state index < -0.39 is 23.4 Å². The summed E-state index contributed by atoms with van der Waals surface area (Å²) >= 11 is 0. The maximum Gasteiger partial charge on any atom is 0.258 e. The molecule has 0 aliphatic rings. The van der Waals surface area contributed by atoms with E-state index in [1.165, 1.54) is 47.7 Å². The van der Waals surface area contributed by atoms with E-state index in [-0.39, 0.29) is 22.6 Å². The summed E-state index contributed by atoms with van der Waals surface area (Å²) in [5, 5.41) is 6.46. The lowest BCUT2D eigenvalue weighted by Gasteiger charge is -2.08. The second-order valence-corrected chi connectivity index (χ2v) is 5.86. The fraction of sp³-hybridized carbons (Fsp3) is 0. The third kappa shape index (κ3) is 3.37. The van der Waals surface area contributed by atoms with Crippen LogP contribution in [0.3, 0.4) is 0 Å². The molecule has 0 saturated heterocycles. The first-order valence-corrected chi connectivity index (χ1v) is 8.10. The van der Waals surface area contributed by atoms with E-state index in [1.807, 2.05) is 0 Å². The Balaban J connectivity index is 1.53. The summed E-state index contributed by atoms with van der Waals surface area (Å²) in [5.74, 6) is -2.62. The van der Waals surface area contributed by atoms with Gasteiger partial charge >= 0.3 is 0 Å². The highest BCUT2D eigenvalue weighted by atomic mass is 19.1. The average Bonchev–Trinajstić information content (AvgIpc) is 3.34. The molecule has 28 heavy (non-hydrogen) atoms. The molecule has 0 spiro atoms. The van der Waals surface area contributed by atoms with Gasteiger partial charge in [0.15, 0.2) is 5.82 Å². The lowest BCUT2D eigenvalue weighted by Crippen LogP contribution is -2.11. The van der Waals surface area contributed by atoms with Crippen molar-refractivity contribution in [2.45, 2.75) is 0 Å². The van der Waals surface area contributed by atoms with Crippen LogP contribution < -0.4 is 5.32 Å². The molecule has 0 unspecified atom stereocenters. The van der Waals surface area contributed by atoms with Crippen LogP contribution in [0.5, 0.6) is 0 Å². The summed E-state index contributed by atoms with van der Waals surface area (Å²) in [5.41, 5.74) is 0.654. The molecular weight excluding hydrogens is 371 g/mol. The minimum atomic E-state index is -0.813. The monoisotopic (exact) mass is 383 g/mol. The zero-order valence-electron chi connectivity index (χ0n) is 14.2. The fourth-order valence-corrected chi connectivity index (χ4v) is 2.64. The van der Waals surface area contributed by atoms with E-state index >= 15 is 0 Å². The maximum absolute atomic E-state index is 14.3. The van der Waals surface area contributed by atoms with Crippen molar-refractivity contribution in [1.29, 1.82) is 0 Å². The molecule has 0 radical (unpaired) electrons. The summed E-state index contributed by atoms with van der Waals surface area (Å²) in [6, 6.07) is 7.25. The smallest absolute Gasteiger partial charge is 0.258 e. The Bertz CT molecular complexity index is 1150. The summed E-state index contributed by atoms with van der Waals surface area (Å²) < 4.78 is 43.8. The van der Waals surface area contributed by atoms with Gasteiger partial charge in [0, 0.05) is 30.3 Å². The number of imidazole rings is 1. The van der Waals surface area contributed by atoms with Gasteiger partial charge in [-0.1, -0.05) is 0 Å². The number of nitrogens with zero attached hydrogens (tertiary/aromatic N) is 4. The normalized spacial score (nSPS) is 10.8. The first kappa shape index (κ1) is 17.5. The van der Waals surface area contributed by atoms with Crippen molar-refractivity contribution < 1.29 is 18.0 Å². The molecule has 1 amide bonds. The SMILES string of the molecule is O=C(Nc1ccc(-n2ccnc2)c(F)c1)c1cnn(-c2ccc(F)cc2F)c1. The van der Waals surface area contributed by atoms with Crippen LogP contribution in [-0.2, 0) is 0 Å². The molecule has 2 heterocycles. The van der Waals surface area contributed by atoms with Gasteiger partial charge < -0.3 is 9.88 Å². The zero-order valence-corrected chi connectivity index (χ0v) is 14.2. The number of hydrogen-bond acceptors (Lipinski definition) is 3. The van der Waals surface area contributed by atoms with Gasteiger partial charge in [0.05, 0.1) is 23.8 Å². The van der Waals surface area contributed by atoms with Crippen molar-refractivity contribution in [3.8, 4) is 11.4 Å². The van der Waals surface area contributed by atoms with Gasteiger partial charge in [-0.25, -0.2) is 22.8 Å². The number of halogens is 3. The highest BCUT2D eigenvalue weighted by molar-refractivity contribution is 6.04. The van der Waals surface area contributed by atoms with Crippen LogP contribution in [0, 0.1) is 17.5 Å². The van der Waals surface area contributed by atoms with Gasteiger partial charge in [0.2, 0.25) is 0 Å². The summed E-state index contributed by atoms with van der Waals surface area (Å²) in [7, 11) is 0. The van der Waals surface area contributed by atoms with Crippen molar-refractivity contribution in [3.05, 3.63) is 90.5 Å². The van der Waals surface area contributed by atoms with Crippen molar-refractivity contribution in [3.63, 3.8) is 0 Å². The Kier molecular flexibility index (Phi) is 4.40. The summed E-state index contributed by atoms with van der Waals surface area (Å²) in [4.78, 5) is 16.2. The zero-order chi connectivity index (χ0) is 19.7. The van der Waals surface area contributed by atoms with E-state index in [9.17, 15) is 18.0 Å². The maximum atomic E-state index is 14.3. The quantitative estimate of drug-likeness (QED) is 0.584. The lowest BCUT2D eigenvalue weighted by molar-refractivity contribution is 0.102. The number of nitrogens with one attached hydrogen (secondary N) is 1. The molecule has 0 fully saturated rings. The molecule has 4 aromatic rings. The predicted octanol–water partition coefficient (Wildman–Crippen LogP) is 3.73. The van der Waals surface area contributed by atoms with E-state index in [2.05, 4.69) is 15.4 Å². The predicted molar refractivity (Wildman–Crippen MR) is 95.0 cm³/mol. The molecule has 0 bridgehead atoms. The van der Waals surface area contributed by atoms with Gasteiger partial charge in [0.1, 0.15) is 17.3 Å². The van der Waals surface area contributed by atoms with Gasteiger partial charge in [-0.15, -0.1) is 0 Å². The summed E-state index contributed by atoms with van der Waals surface area (Å²) in [6.07, 6.45) is 7.10. The Labute approximate surface area is 156 Å². The van der Waals surface area contributed by atoms with E-state index in [0.29, 0.717) is 0 Å². The minimum absolute atomic E-state index is 0.00354. The van der Waals surface area contributed by atoms with Crippen LogP contribution >= 0.6 is 0 Å². The molecular formula is C19H12F3N5O. The van der Waals surface area contributed by atoms with E-state index in [0.717, 1.165) is 16.8 Å². The summed E-state index contributed by atoms with van der Waals surface area (Å²) in [6.45, 7) is 0. The third-order valence-corrected chi connectivity index (χ3v) is 3.99. The number of aromatic nitrogens is 4. The van der Waals surface area contributed by atoms with Crippen LogP contribution in [0.2, 0.25) is 0 Å². The van der Waals surface area contributed by atoms with Crippen LogP contribution in [0.15, 0.2) is 67.5 Å². The average molecular weight is 383 g/mol. The third-order valence-electron chi connectivity index (χ3n) is 3.99. The molecule has 0 aliphatic carbocycles. The Hall–Kier alpha value is -3.88. The molecule has 2 aromatic heterocycles. The molecule has 2 aromatic carbocycles. The van der Waals surface area contributed by atoms with Crippen LogP contribution in [0.4, 0.5) is 18.9 Å². The molecule has 9 heteroatoms. The van der Waals surface area contributed by atoms with E-state index in [1.54, 1.807) is 12.3 Å². The second kappa shape index (κ2) is 7.03. The molecule has 140 valence electrons. The number of benzene rings is 2. The van der Waals surface area contributed by atoms with Crippen molar-refractivity contribution in [2.24, 2.45) is 0 Å². The first-order valence-electron chi connectivity index (χ1n) is 8.10. The number of amides is 1. The molecule has 0 saturated carbocycles. The van der Waals surface area contributed by atoms with Crippen molar-refractivity contribution in [1.82, 2.24) is 19.3 Å². The van der Waals surface area contributed by atoms with Crippen LogP contribution in [-0.4, -0.2) is 25.2 Å². The molecule has 1 N–H and O–H groups in total. The molecule has 0 atom stereocenters. The molecule has 4 rings (SSSR count). The topological polar surface area (TPSA) is 64.7 Å². The Morgan fingerprint density at radius 2 is 1.79 bits per heavy atom. The van der Waals surface area contributed by atoms with Crippen molar-refractivity contribution >= 4 is 11.6 Å². The number of carbonyl (C=O) groups is 1. The fourth-order valence-electron chi connectivity index (χ4n) is 2.64. The minimum Gasteiger partial charge on any atom is -0.322 e. The van der Waals surface area contributed by atoms with Gasteiger partial charge in [-0.2, -0.15) is 5.10 Å². The number of hydrogen-bond donors (Lipinski definition) is 1. The Morgan fingerprint density at radius 3 is 2.50 bits per heavy atom. The number of rotatable bonds is 4. The highest BCUT2D eigenvalue weighted by Crippen LogP contribution is 2.19. The van der Waals surface area contributed by atoms with Crippen LogP contribution in [0.25, 0.3) is 11.4 Å². The largest absolute Gasteiger partial charge is 0.322 e. The van der Waals surface area contributed by atoms with Gasteiger partial charge in [-0.05, 0) is 30.3 Å². The molecule has 6 nitrogen and oxygen atoms in total. The van der Waals surface area contributed by atoms with E-state index in [4.69, 9.17) is 0 Å². The van der Waals surface area contributed by atoms with Gasteiger partial charge in [-0.3, -0.25) is 4.79 Å². The van der Waals surface area contributed by atoms with Crippen molar-refractivity contribution in [2.75, 3.05) is 5.32 Å². The molecule has 0 aliphatic heterocycles. The number of anilines is 1. The lowest BCUT2D eigenvalue weighted by atomic mass is 10.2.